The Bertz CT molecular complexity index is 702. The molecule has 21 heavy (non-hydrogen) atoms. The third-order valence-corrected chi connectivity index (χ3v) is 4.52. The van der Waals surface area contributed by atoms with Crippen LogP contribution in [-0.2, 0) is 0 Å². The maximum atomic E-state index is 12.6. The zero-order chi connectivity index (χ0) is 15.6. The molecule has 0 aliphatic rings. The topological polar surface area (TPSA) is 35.5 Å². The number of hydrogen-bond donors (Lipinski definition) is 0. The number of halogens is 3. The molecule has 0 amide bonds. The summed E-state index contributed by atoms with van der Waals surface area (Å²) in [6.07, 6.45) is 0. The normalized spacial score (nSPS) is 10.3. The van der Waals surface area contributed by atoms with Gasteiger partial charge in [-0.1, -0.05) is 29.3 Å². The SMILES string of the molecule is COc1cc(Cl)c(C(=O)c2cccc(Br)c2Cl)cc1OC. The van der Waals surface area contributed by atoms with E-state index in [2.05, 4.69) is 15.9 Å². The van der Waals surface area contributed by atoms with Gasteiger partial charge < -0.3 is 9.47 Å². The lowest BCUT2D eigenvalue weighted by molar-refractivity contribution is 0.103. The van der Waals surface area contributed by atoms with Crippen molar-refractivity contribution in [1.29, 1.82) is 0 Å². The fourth-order valence-electron chi connectivity index (χ4n) is 1.85. The van der Waals surface area contributed by atoms with Gasteiger partial charge in [-0.3, -0.25) is 4.79 Å². The van der Waals surface area contributed by atoms with E-state index in [0.29, 0.717) is 32.1 Å². The number of methoxy groups -OCH3 is 2. The Kier molecular flexibility index (Phi) is 5.14. The molecule has 0 spiro atoms. The highest BCUT2D eigenvalue weighted by Gasteiger charge is 2.20. The van der Waals surface area contributed by atoms with Crippen LogP contribution in [0.5, 0.6) is 11.5 Å². The Morgan fingerprint density at radius 1 is 1.05 bits per heavy atom. The fourth-order valence-corrected chi connectivity index (χ4v) is 2.67. The van der Waals surface area contributed by atoms with E-state index in [1.54, 1.807) is 30.3 Å². The van der Waals surface area contributed by atoms with Gasteiger partial charge in [-0.2, -0.15) is 0 Å². The van der Waals surface area contributed by atoms with Gasteiger partial charge in [-0.05, 0) is 34.1 Å². The third-order valence-electron chi connectivity index (χ3n) is 2.91. The van der Waals surface area contributed by atoms with Crippen molar-refractivity contribution in [2.75, 3.05) is 14.2 Å². The minimum Gasteiger partial charge on any atom is -0.493 e. The van der Waals surface area contributed by atoms with Crippen LogP contribution in [-0.4, -0.2) is 20.0 Å². The molecular weight excluding hydrogens is 379 g/mol. The lowest BCUT2D eigenvalue weighted by atomic mass is 10.0. The van der Waals surface area contributed by atoms with E-state index >= 15 is 0 Å². The highest BCUT2D eigenvalue weighted by atomic mass is 79.9. The Morgan fingerprint density at radius 3 is 2.29 bits per heavy atom. The number of rotatable bonds is 4. The summed E-state index contributed by atoms with van der Waals surface area (Å²) in [6, 6.07) is 8.22. The van der Waals surface area contributed by atoms with Crippen LogP contribution in [0.4, 0.5) is 0 Å². The van der Waals surface area contributed by atoms with Crippen molar-refractivity contribution in [2.24, 2.45) is 0 Å². The largest absolute Gasteiger partial charge is 0.493 e. The monoisotopic (exact) mass is 388 g/mol. The summed E-state index contributed by atoms with van der Waals surface area (Å²) in [5, 5.41) is 0.613. The van der Waals surface area contributed by atoms with Crippen LogP contribution in [0, 0.1) is 0 Å². The summed E-state index contributed by atoms with van der Waals surface area (Å²) in [4.78, 5) is 12.6. The molecule has 0 radical (unpaired) electrons. The van der Waals surface area contributed by atoms with Crippen molar-refractivity contribution < 1.29 is 14.3 Å². The molecule has 0 N–H and O–H groups in total. The van der Waals surface area contributed by atoms with Crippen molar-refractivity contribution >= 4 is 44.9 Å². The van der Waals surface area contributed by atoms with Crippen molar-refractivity contribution in [2.45, 2.75) is 0 Å². The minimum atomic E-state index is -0.285. The first-order chi connectivity index (χ1) is 9.99. The maximum Gasteiger partial charge on any atom is 0.196 e. The summed E-state index contributed by atoms with van der Waals surface area (Å²) in [7, 11) is 2.99. The van der Waals surface area contributed by atoms with Gasteiger partial charge in [-0.25, -0.2) is 0 Å². The number of carbonyl (C=O) groups is 1. The zero-order valence-electron chi connectivity index (χ0n) is 11.2. The molecule has 2 rings (SSSR count). The standard InChI is InChI=1S/C15H11BrCl2O3/c1-20-12-6-9(11(17)7-13(12)21-2)15(19)8-4-3-5-10(16)14(8)18/h3-7H,1-2H3. The minimum absolute atomic E-state index is 0.272. The first-order valence-electron chi connectivity index (χ1n) is 5.89. The number of benzene rings is 2. The Morgan fingerprint density at radius 2 is 1.67 bits per heavy atom. The highest BCUT2D eigenvalue weighted by molar-refractivity contribution is 9.10. The zero-order valence-corrected chi connectivity index (χ0v) is 14.3. The predicted octanol–water partition coefficient (Wildman–Crippen LogP) is 5.00. The van der Waals surface area contributed by atoms with Crippen molar-refractivity contribution in [3.05, 3.63) is 56.0 Å². The van der Waals surface area contributed by atoms with Crippen LogP contribution >= 0.6 is 39.1 Å². The van der Waals surface area contributed by atoms with Gasteiger partial charge in [0.15, 0.2) is 17.3 Å². The van der Waals surface area contributed by atoms with Gasteiger partial charge >= 0.3 is 0 Å². The van der Waals surface area contributed by atoms with Crippen LogP contribution in [0.2, 0.25) is 10.0 Å². The summed E-state index contributed by atoms with van der Waals surface area (Å²) in [5.74, 6) is 0.600. The molecule has 0 aliphatic heterocycles. The predicted molar refractivity (Wildman–Crippen MR) is 87.1 cm³/mol. The lowest BCUT2D eigenvalue weighted by Gasteiger charge is -2.12. The average molecular weight is 390 g/mol. The van der Waals surface area contributed by atoms with Crippen LogP contribution in [0.1, 0.15) is 15.9 Å². The van der Waals surface area contributed by atoms with E-state index in [9.17, 15) is 4.79 Å². The summed E-state index contributed by atoms with van der Waals surface area (Å²) >= 11 is 15.6. The summed E-state index contributed by atoms with van der Waals surface area (Å²) < 4.78 is 11.0. The molecule has 6 heteroatoms. The Labute approximate surface area is 140 Å². The molecule has 0 bridgehead atoms. The molecule has 0 saturated heterocycles. The van der Waals surface area contributed by atoms with Crippen molar-refractivity contribution in [3.63, 3.8) is 0 Å². The second kappa shape index (κ2) is 6.69. The van der Waals surface area contributed by atoms with Crippen LogP contribution in [0.15, 0.2) is 34.8 Å². The second-order valence-corrected chi connectivity index (χ2v) is 5.76. The second-order valence-electron chi connectivity index (χ2n) is 4.12. The van der Waals surface area contributed by atoms with E-state index in [4.69, 9.17) is 32.7 Å². The lowest BCUT2D eigenvalue weighted by Crippen LogP contribution is -2.04. The molecule has 2 aromatic carbocycles. The quantitative estimate of drug-likeness (QED) is 0.690. The maximum absolute atomic E-state index is 12.6. The molecule has 0 aliphatic carbocycles. The van der Waals surface area contributed by atoms with Gasteiger partial charge in [0.1, 0.15) is 0 Å². The van der Waals surface area contributed by atoms with Crippen LogP contribution in [0.3, 0.4) is 0 Å². The molecule has 0 saturated carbocycles. The van der Waals surface area contributed by atoms with E-state index in [0.717, 1.165) is 0 Å². The summed E-state index contributed by atoms with van der Waals surface area (Å²) in [6.45, 7) is 0. The van der Waals surface area contributed by atoms with E-state index < -0.39 is 0 Å². The molecule has 0 heterocycles. The molecule has 0 unspecified atom stereocenters. The Hall–Kier alpha value is -1.23. The number of ether oxygens (including phenoxy) is 2. The Balaban J connectivity index is 2.56. The first kappa shape index (κ1) is 16.1. The van der Waals surface area contributed by atoms with Crippen LogP contribution < -0.4 is 9.47 Å². The fraction of sp³-hybridized carbons (Fsp3) is 0.133. The van der Waals surface area contributed by atoms with Crippen molar-refractivity contribution in [1.82, 2.24) is 0 Å². The average Bonchev–Trinajstić information content (AvgIpc) is 2.49. The number of ketones is 1. The van der Waals surface area contributed by atoms with Gasteiger partial charge in [0.2, 0.25) is 0 Å². The molecular formula is C15H11BrCl2O3. The van der Waals surface area contributed by atoms with Gasteiger partial charge in [0, 0.05) is 21.7 Å². The molecule has 0 atom stereocenters. The molecule has 3 nitrogen and oxygen atoms in total. The van der Waals surface area contributed by atoms with Crippen LogP contribution in [0.25, 0.3) is 0 Å². The smallest absolute Gasteiger partial charge is 0.196 e. The number of hydrogen-bond acceptors (Lipinski definition) is 3. The summed E-state index contributed by atoms with van der Waals surface area (Å²) in [5.41, 5.74) is 0.662. The number of carbonyl (C=O) groups excluding carboxylic acids is 1. The van der Waals surface area contributed by atoms with Gasteiger partial charge in [0.25, 0.3) is 0 Å². The van der Waals surface area contributed by atoms with Crippen molar-refractivity contribution in [3.8, 4) is 11.5 Å². The third kappa shape index (κ3) is 3.18. The molecule has 2 aromatic rings. The van der Waals surface area contributed by atoms with E-state index in [1.807, 2.05) is 0 Å². The molecule has 0 aromatic heterocycles. The van der Waals surface area contributed by atoms with E-state index in [-0.39, 0.29) is 10.8 Å². The first-order valence-corrected chi connectivity index (χ1v) is 7.44. The van der Waals surface area contributed by atoms with Gasteiger partial charge in [0.05, 0.1) is 24.3 Å². The van der Waals surface area contributed by atoms with E-state index in [1.165, 1.54) is 14.2 Å². The highest BCUT2D eigenvalue weighted by Crippen LogP contribution is 2.35. The molecule has 110 valence electrons. The van der Waals surface area contributed by atoms with Gasteiger partial charge in [-0.15, -0.1) is 0 Å². The molecule has 0 fully saturated rings.